The molecule has 0 aromatic rings. The lowest BCUT2D eigenvalue weighted by Gasteiger charge is -2.21. The van der Waals surface area contributed by atoms with Gasteiger partial charge in [0.05, 0.1) is 6.10 Å². The molecule has 3 atom stereocenters. The first kappa shape index (κ1) is 13.4. The fourth-order valence-electron chi connectivity index (χ4n) is 1.68. The van der Waals surface area contributed by atoms with Crippen LogP contribution < -0.4 is 10.6 Å². The van der Waals surface area contributed by atoms with Gasteiger partial charge in [-0.05, 0) is 12.5 Å². The van der Waals surface area contributed by atoms with Crippen LogP contribution in [-0.2, 0) is 4.79 Å². The molecule has 3 N–H and O–H groups in total. The number of amides is 1. The number of carbonyl (C=O) groups is 1. The summed E-state index contributed by atoms with van der Waals surface area (Å²) in [5.41, 5.74) is -1.80. The highest BCUT2D eigenvalue weighted by atomic mass is 19.1. The maximum atomic E-state index is 13.9. The fourth-order valence-corrected chi connectivity index (χ4v) is 1.68. The summed E-state index contributed by atoms with van der Waals surface area (Å²) in [6.07, 6.45) is 0.435. The van der Waals surface area contributed by atoms with E-state index < -0.39 is 17.7 Å². The van der Waals surface area contributed by atoms with Crippen LogP contribution in [0.15, 0.2) is 0 Å². The molecular formula is C11H21FN2O2. The van der Waals surface area contributed by atoms with E-state index in [1.54, 1.807) is 0 Å². The van der Waals surface area contributed by atoms with E-state index in [1.807, 2.05) is 13.8 Å². The Morgan fingerprint density at radius 2 is 2.38 bits per heavy atom. The van der Waals surface area contributed by atoms with Crippen molar-refractivity contribution in [3.63, 3.8) is 0 Å². The zero-order valence-electron chi connectivity index (χ0n) is 9.92. The Balaban J connectivity index is 2.35. The number of nitrogens with one attached hydrogen (secondary N) is 2. The number of halogens is 1. The number of aliphatic hydroxyl groups excluding tert-OH is 1. The number of alkyl halides is 1. The number of rotatable bonds is 5. The molecule has 0 spiro atoms. The highest BCUT2D eigenvalue weighted by molar-refractivity contribution is 5.85. The van der Waals surface area contributed by atoms with Crippen molar-refractivity contribution in [2.24, 2.45) is 5.92 Å². The van der Waals surface area contributed by atoms with Gasteiger partial charge in [-0.25, -0.2) is 4.39 Å². The lowest BCUT2D eigenvalue weighted by atomic mass is 10.0. The largest absolute Gasteiger partial charge is 0.391 e. The van der Waals surface area contributed by atoms with Gasteiger partial charge in [-0.15, -0.1) is 0 Å². The molecule has 1 aliphatic heterocycles. The Kier molecular flexibility index (Phi) is 4.68. The van der Waals surface area contributed by atoms with Gasteiger partial charge >= 0.3 is 0 Å². The second-order valence-corrected chi connectivity index (χ2v) is 4.55. The Hall–Kier alpha value is -0.680. The van der Waals surface area contributed by atoms with Crippen LogP contribution >= 0.6 is 0 Å². The first-order valence-corrected chi connectivity index (χ1v) is 5.85. The molecule has 0 bridgehead atoms. The molecule has 0 aliphatic carbocycles. The number of aliphatic hydroxyl groups is 1. The molecule has 1 aliphatic rings. The van der Waals surface area contributed by atoms with E-state index in [2.05, 4.69) is 10.6 Å². The molecule has 1 heterocycles. The number of hydrogen-bond donors (Lipinski definition) is 3. The van der Waals surface area contributed by atoms with Gasteiger partial charge in [0, 0.05) is 19.5 Å². The molecule has 1 amide bonds. The van der Waals surface area contributed by atoms with Crippen molar-refractivity contribution in [3.05, 3.63) is 0 Å². The predicted octanol–water partition coefficient (Wildman–Crippen LogP) is 0.211. The Labute approximate surface area is 95.6 Å². The SMILES string of the molecule is CCC(C)C(O)CNC(=O)C1(F)CCNC1. The van der Waals surface area contributed by atoms with Crippen molar-refractivity contribution < 1.29 is 14.3 Å². The summed E-state index contributed by atoms with van der Waals surface area (Å²) in [5.74, 6) is -0.502. The molecule has 1 fully saturated rings. The van der Waals surface area contributed by atoms with Crippen LogP contribution in [0, 0.1) is 5.92 Å². The summed E-state index contributed by atoms with van der Waals surface area (Å²) < 4.78 is 13.9. The maximum absolute atomic E-state index is 13.9. The van der Waals surface area contributed by atoms with Crippen LogP contribution in [0.1, 0.15) is 26.7 Å². The molecule has 0 aromatic heterocycles. The van der Waals surface area contributed by atoms with E-state index >= 15 is 0 Å². The van der Waals surface area contributed by atoms with E-state index in [9.17, 15) is 14.3 Å². The molecule has 3 unspecified atom stereocenters. The van der Waals surface area contributed by atoms with Crippen LogP contribution in [0.2, 0.25) is 0 Å². The van der Waals surface area contributed by atoms with Gasteiger partial charge in [0.1, 0.15) is 0 Å². The minimum Gasteiger partial charge on any atom is -0.391 e. The van der Waals surface area contributed by atoms with Gasteiger partial charge in [0.25, 0.3) is 5.91 Å². The van der Waals surface area contributed by atoms with E-state index in [4.69, 9.17) is 0 Å². The van der Waals surface area contributed by atoms with Crippen LogP contribution in [0.25, 0.3) is 0 Å². The van der Waals surface area contributed by atoms with Crippen LogP contribution in [0.3, 0.4) is 0 Å². The molecule has 0 saturated carbocycles. The third-order valence-corrected chi connectivity index (χ3v) is 3.28. The lowest BCUT2D eigenvalue weighted by Crippen LogP contribution is -2.47. The molecule has 0 radical (unpaired) electrons. The molecule has 1 saturated heterocycles. The third-order valence-electron chi connectivity index (χ3n) is 3.28. The molecule has 5 heteroatoms. The molecule has 94 valence electrons. The van der Waals surface area contributed by atoms with Gasteiger partial charge in [-0.3, -0.25) is 4.79 Å². The lowest BCUT2D eigenvalue weighted by molar-refractivity contribution is -0.132. The molecule has 4 nitrogen and oxygen atoms in total. The average molecular weight is 232 g/mol. The van der Waals surface area contributed by atoms with Crippen molar-refractivity contribution in [1.82, 2.24) is 10.6 Å². The Morgan fingerprint density at radius 3 is 2.88 bits per heavy atom. The molecular weight excluding hydrogens is 211 g/mol. The van der Waals surface area contributed by atoms with E-state index in [1.165, 1.54) is 0 Å². The van der Waals surface area contributed by atoms with Gasteiger partial charge in [-0.2, -0.15) is 0 Å². The summed E-state index contributed by atoms with van der Waals surface area (Å²) in [6, 6.07) is 0. The van der Waals surface area contributed by atoms with E-state index in [-0.39, 0.29) is 25.4 Å². The van der Waals surface area contributed by atoms with Gasteiger partial charge in [-0.1, -0.05) is 20.3 Å². The average Bonchev–Trinajstić information content (AvgIpc) is 2.72. The predicted molar refractivity (Wildman–Crippen MR) is 59.8 cm³/mol. The van der Waals surface area contributed by atoms with E-state index in [0.717, 1.165) is 6.42 Å². The maximum Gasteiger partial charge on any atom is 0.259 e. The third kappa shape index (κ3) is 3.15. The minimum absolute atomic E-state index is 0.0677. The Morgan fingerprint density at radius 1 is 1.69 bits per heavy atom. The first-order valence-electron chi connectivity index (χ1n) is 5.85. The topological polar surface area (TPSA) is 61.4 Å². The standard InChI is InChI=1S/C11H21FN2O2/c1-3-8(2)9(15)6-14-10(16)11(12)4-5-13-7-11/h8-9,13,15H,3-7H2,1-2H3,(H,14,16). The Bertz CT molecular complexity index is 242. The van der Waals surface area contributed by atoms with Crippen molar-refractivity contribution in [1.29, 1.82) is 0 Å². The summed E-state index contributed by atoms with van der Waals surface area (Å²) >= 11 is 0. The second kappa shape index (κ2) is 5.59. The second-order valence-electron chi connectivity index (χ2n) is 4.55. The highest BCUT2D eigenvalue weighted by Crippen LogP contribution is 2.19. The summed E-state index contributed by atoms with van der Waals surface area (Å²) in [7, 11) is 0. The summed E-state index contributed by atoms with van der Waals surface area (Å²) in [6.45, 7) is 4.59. The first-order chi connectivity index (χ1) is 7.49. The highest BCUT2D eigenvalue weighted by Gasteiger charge is 2.41. The normalized spacial score (nSPS) is 28.8. The monoisotopic (exact) mass is 232 g/mol. The van der Waals surface area contributed by atoms with Crippen LogP contribution in [0.4, 0.5) is 4.39 Å². The van der Waals surface area contributed by atoms with E-state index in [0.29, 0.717) is 6.54 Å². The van der Waals surface area contributed by atoms with Gasteiger partial charge in [0.15, 0.2) is 0 Å². The van der Waals surface area contributed by atoms with Crippen LogP contribution in [0.5, 0.6) is 0 Å². The fraction of sp³-hybridized carbons (Fsp3) is 0.909. The number of hydrogen-bond acceptors (Lipinski definition) is 3. The number of carbonyl (C=O) groups excluding carboxylic acids is 1. The molecule has 0 aromatic carbocycles. The zero-order chi connectivity index (χ0) is 12.2. The summed E-state index contributed by atoms with van der Waals surface area (Å²) in [4.78, 5) is 11.5. The van der Waals surface area contributed by atoms with Crippen molar-refractivity contribution in [2.75, 3.05) is 19.6 Å². The minimum atomic E-state index is -1.80. The van der Waals surface area contributed by atoms with Crippen molar-refractivity contribution in [2.45, 2.75) is 38.5 Å². The smallest absolute Gasteiger partial charge is 0.259 e. The molecule has 1 rings (SSSR count). The van der Waals surface area contributed by atoms with Crippen molar-refractivity contribution >= 4 is 5.91 Å². The quantitative estimate of drug-likeness (QED) is 0.635. The van der Waals surface area contributed by atoms with Crippen molar-refractivity contribution in [3.8, 4) is 0 Å². The van der Waals surface area contributed by atoms with Gasteiger partial charge in [0.2, 0.25) is 5.67 Å². The van der Waals surface area contributed by atoms with Gasteiger partial charge < -0.3 is 15.7 Å². The van der Waals surface area contributed by atoms with Crippen LogP contribution in [-0.4, -0.2) is 42.4 Å². The zero-order valence-corrected chi connectivity index (χ0v) is 9.92. The summed E-state index contributed by atoms with van der Waals surface area (Å²) in [5, 5.41) is 14.9. The molecule has 16 heavy (non-hydrogen) atoms.